The van der Waals surface area contributed by atoms with Crippen molar-refractivity contribution in [1.29, 1.82) is 0 Å². The standard InChI is InChI=1S/C33H41NO8/c1-5-8-9-10-11-28(35)42-29-25(4)34-22-26(23-40-30(36)32(12-6-2)14-18-38-19-15-32)27(29)24-41-31(37)33(13-7-3)16-20-39-21-17-33/h2-3,5,8,22H,9-21,23-24H2,1,4H3/b8-5-. The van der Waals surface area contributed by atoms with Crippen LogP contribution in [0, 0.1) is 42.4 Å². The van der Waals surface area contributed by atoms with Crippen LogP contribution in [0.2, 0.25) is 0 Å². The molecule has 0 aliphatic carbocycles. The summed E-state index contributed by atoms with van der Waals surface area (Å²) < 4.78 is 28.3. The van der Waals surface area contributed by atoms with Gasteiger partial charge in [0.2, 0.25) is 0 Å². The van der Waals surface area contributed by atoms with Crippen molar-refractivity contribution in [1.82, 2.24) is 4.98 Å². The van der Waals surface area contributed by atoms with Gasteiger partial charge in [-0.25, -0.2) is 0 Å². The molecule has 0 aromatic carbocycles. The lowest BCUT2D eigenvalue weighted by Crippen LogP contribution is -2.38. The third kappa shape index (κ3) is 8.44. The zero-order chi connectivity index (χ0) is 30.4. The normalized spacial score (nSPS) is 17.5. The van der Waals surface area contributed by atoms with Crippen molar-refractivity contribution < 1.29 is 38.1 Å². The number of aryl methyl sites for hydroxylation is 1. The van der Waals surface area contributed by atoms with Crippen molar-refractivity contribution in [2.24, 2.45) is 10.8 Å². The van der Waals surface area contributed by atoms with E-state index in [9.17, 15) is 14.4 Å². The molecule has 2 saturated heterocycles. The van der Waals surface area contributed by atoms with Gasteiger partial charge < -0.3 is 23.7 Å². The molecule has 0 atom stereocenters. The van der Waals surface area contributed by atoms with Crippen molar-refractivity contribution in [2.45, 2.75) is 84.8 Å². The Balaban J connectivity index is 1.86. The number of rotatable bonds is 13. The number of nitrogens with zero attached hydrogens (tertiary/aromatic N) is 1. The number of hydrogen-bond donors (Lipinski definition) is 0. The van der Waals surface area contributed by atoms with Gasteiger partial charge in [0.1, 0.15) is 13.2 Å². The highest BCUT2D eigenvalue weighted by Crippen LogP contribution is 2.38. The van der Waals surface area contributed by atoms with Crippen molar-refractivity contribution in [2.75, 3.05) is 26.4 Å². The molecule has 2 aliphatic rings. The summed E-state index contributed by atoms with van der Waals surface area (Å²) in [6.07, 6.45) is 20.5. The molecule has 0 spiro atoms. The van der Waals surface area contributed by atoms with Crippen molar-refractivity contribution in [3.05, 3.63) is 35.2 Å². The van der Waals surface area contributed by atoms with Crippen LogP contribution in [0.1, 0.15) is 81.5 Å². The minimum atomic E-state index is -0.851. The molecule has 0 bridgehead atoms. The van der Waals surface area contributed by atoms with E-state index in [0.29, 0.717) is 75.4 Å². The van der Waals surface area contributed by atoms with Crippen LogP contribution >= 0.6 is 0 Å². The first-order chi connectivity index (χ1) is 20.3. The molecule has 3 heterocycles. The second-order valence-electron chi connectivity index (χ2n) is 10.8. The lowest BCUT2D eigenvalue weighted by atomic mass is 9.77. The number of hydrogen-bond acceptors (Lipinski definition) is 9. The molecular weight excluding hydrogens is 538 g/mol. The zero-order valence-electron chi connectivity index (χ0n) is 24.7. The van der Waals surface area contributed by atoms with Crippen LogP contribution in [0.25, 0.3) is 0 Å². The Morgan fingerprint density at radius 1 is 0.952 bits per heavy atom. The molecule has 9 nitrogen and oxygen atoms in total. The summed E-state index contributed by atoms with van der Waals surface area (Å²) in [6.45, 7) is 4.90. The second kappa shape index (κ2) is 16.1. The molecule has 0 saturated carbocycles. The maximum Gasteiger partial charge on any atom is 0.313 e. The van der Waals surface area contributed by atoms with Gasteiger partial charge in [-0.1, -0.05) is 12.2 Å². The Morgan fingerprint density at radius 2 is 1.50 bits per heavy atom. The fraction of sp³-hybridized carbons (Fsp3) is 0.576. The van der Waals surface area contributed by atoms with E-state index in [2.05, 4.69) is 16.8 Å². The van der Waals surface area contributed by atoms with Crippen LogP contribution in [0.4, 0.5) is 0 Å². The van der Waals surface area contributed by atoms with Gasteiger partial charge in [0.05, 0.1) is 16.5 Å². The molecule has 2 aliphatic heterocycles. The molecular formula is C33H41NO8. The lowest BCUT2D eigenvalue weighted by Gasteiger charge is -2.33. The Morgan fingerprint density at radius 3 is 2.02 bits per heavy atom. The number of carbonyl (C=O) groups excluding carboxylic acids is 3. The van der Waals surface area contributed by atoms with Crippen LogP contribution in [-0.4, -0.2) is 49.3 Å². The maximum absolute atomic E-state index is 13.4. The van der Waals surface area contributed by atoms with E-state index < -0.39 is 28.7 Å². The fourth-order valence-electron chi connectivity index (χ4n) is 5.20. The first kappa shape index (κ1) is 32.8. The summed E-state index contributed by atoms with van der Waals surface area (Å²) in [7, 11) is 0. The first-order valence-electron chi connectivity index (χ1n) is 14.5. The van der Waals surface area contributed by atoms with Crippen molar-refractivity contribution in [3.63, 3.8) is 0 Å². The third-order valence-corrected chi connectivity index (χ3v) is 7.96. The Kier molecular flexibility index (Phi) is 12.6. The van der Waals surface area contributed by atoms with Gasteiger partial charge in [0.25, 0.3) is 0 Å². The van der Waals surface area contributed by atoms with Crippen LogP contribution in [0.3, 0.4) is 0 Å². The average Bonchev–Trinajstić information content (AvgIpc) is 3.00. The molecule has 0 unspecified atom stereocenters. The second-order valence-corrected chi connectivity index (χ2v) is 10.8. The van der Waals surface area contributed by atoms with Gasteiger partial charge in [-0.3, -0.25) is 19.4 Å². The number of aromatic nitrogens is 1. The van der Waals surface area contributed by atoms with Gasteiger partial charge in [-0.05, 0) is 52.4 Å². The van der Waals surface area contributed by atoms with E-state index in [0.717, 1.165) is 6.42 Å². The highest BCUT2D eigenvalue weighted by atomic mass is 16.6. The van der Waals surface area contributed by atoms with Crippen LogP contribution in [0.15, 0.2) is 18.3 Å². The Labute approximate surface area is 248 Å². The highest BCUT2D eigenvalue weighted by molar-refractivity contribution is 5.78. The minimum Gasteiger partial charge on any atom is -0.460 e. The molecule has 1 aromatic heterocycles. The minimum absolute atomic E-state index is 0.165. The molecule has 9 heteroatoms. The van der Waals surface area contributed by atoms with E-state index in [1.807, 2.05) is 19.1 Å². The Hall–Kier alpha value is -3.66. The molecule has 1 aromatic rings. The average molecular weight is 580 g/mol. The van der Waals surface area contributed by atoms with Gasteiger partial charge in [-0.2, -0.15) is 0 Å². The van der Waals surface area contributed by atoms with Crippen LogP contribution < -0.4 is 4.74 Å². The summed E-state index contributed by atoms with van der Waals surface area (Å²) in [5, 5.41) is 0. The quantitative estimate of drug-likeness (QED) is 0.141. The van der Waals surface area contributed by atoms with E-state index in [-0.39, 0.29) is 38.2 Å². The lowest BCUT2D eigenvalue weighted by molar-refractivity contribution is -0.164. The number of terminal acetylenes is 2. The smallest absolute Gasteiger partial charge is 0.313 e. The number of carbonyl (C=O) groups is 3. The number of ether oxygens (including phenoxy) is 5. The maximum atomic E-state index is 13.4. The summed E-state index contributed by atoms with van der Waals surface area (Å²) >= 11 is 0. The van der Waals surface area contributed by atoms with Gasteiger partial charge >= 0.3 is 17.9 Å². The number of unbranched alkanes of at least 4 members (excludes halogenated alkanes) is 1. The van der Waals surface area contributed by atoms with Crippen LogP contribution in [-0.2, 0) is 46.5 Å². The van der Waals surface area contributed by atoms with E-state index >= 15 is 0 Å². The SMILES string of the molecule is C#CCC1(C(=O)OCc2cnc(C)c(OC(=O)CCC/C=C\C)c2COC(=O)C2(CC#C)CCOCC2)CCOCC1. The molecule has 226 valence electrons. The predicted octanol–water partition coefficient (Wildman–Crippen LogP) is 4.77. The van der Waals surface area contributed by atoms with E-state index in [1.165, 1.54) is 0 Å². The van der Waals surface area contributed by atoms with Gasteiger partial charge in [-0.15, -0.1) is 24.7 Å². The monoisotopic (exact) mass is 579 g/mol. The molecule has 0 N–H and O–H groups in total. The van der Waals surface area contributed by atoms with Gasteiger partial charge in [0, 0.05) is 63.0 Å². The van der Waals surface area contributed by atoms with Crippen LogP contribution in [0.5, 0.6) is 5.75 Å². The molecule has 2 fully saturated rings. The van der Waals surface area contributed by atoms with E-state index in [4.69, 9.17) is 36.5 Å². The van der Waals surface area contributed by atoms with Gasteiger partial charge in [0.15, 0.2) is 5.75 Å². The van der Waals surface area contributed by atoms with Crippen molar-refractivity contribution >= 4 is 17.9 Å². The molecule has 42 heavy (non-hydrogen) atoms. The zero-order valence-corrected chi connectivity index (χ0v) is 24.7. The third-order valence-electron chi connectivity index (χ3n) is 7.96. The summed E-state index contributed by atoms with van der Waals surface area (Å²) in [6, 6.07) is 0. The van der Waals surface area contributed by atoms with E-state index in [1.54, 1.807) is 13.1 Å². The largest absolute Gasteiger partial charge is 0.460 e. The highest BCUT2D eigenvalue weighted by Gasteiger charge is 2.42. The summed E-state index contributed by atoms with van der Waals surface area (Å²) in [5.74, 6) is 4.08. The molecule has 3 rings (SSSR count). The molecule has 0 amide bonds. The molecule has 0 radical (unpaired) electrons. The van der Waals surface area contributed by atoms with Crippen molar-refractivity contribution in [3.8, 4) is 30.4 Å². The summed E-state index contributed by atoms with van der Waals surface area (Å²) in [5.41, 5.74) is -0.373. The first-order valence-corrected chi connectivity index (χ1v) is 14.5. The number of allylic oxidation sites excluding steroid dienone is 2. The number of esters is 3. The topological polar surface area (TPSA) is 110 Å². The predicted molar refractivity (Wildman–Crippen MR) is 155 cm³/mol. The number of pyridine rings is 1. The fourth-order valence-corrected chi connectivity index (χ4v) is 5.20. The summed E-state index contributed by atoms with van der Waals surface area (Å²) in [4.78, 5) is 43.8. The Bertz CT molecular complexity index is 1210.